The molecule has 0 radical (unpaired) electrons. The van der Waals surface area contributed by atoms with Gasteiger partial charge in [-0.1, -0.05) is 11.6 Å². The molecule has 7 heteroatoms. The molecule has 1 saturated heterocycles. The van der Waals surface area contributed by atoms with Crippen LogP contribution in [0.15, 0.2) is 12.1 Å². The van der Waals surface area contributed by atoms with Crippen LogP contribution in [0.2, 0.25) is 5.02 Å². The predicted octanol–water partition coefficient (Wildman–Crippen LogP) is 2.28. The number of carbonyl (C=O) groups excluding carboxylic acids is 1. The summed E-state index contributed by atoms with van der Waals surface area (Å²) in [5.41, 5.74) is 1.98. The molecular weight excluding hydrogens is 284 g/mol. The van der Waals surface area contributed by atoms with Gasteiger partial charge in [0, 0.05) is 6.04 Å². The zero-order valence-corrected chi connectivity index (χ0v) is 11.9. The minimum absolute atomic E-state index is 0.0140. The maximum absolute atomic E-state index is 12.3. The van der Waals surface area contributed by atoms with E-state index in [4.69, 9.17) is 11.6 Å². The molecule has 1 amide bonds. The van der Waals surface area contributed by atoms with Crippen LogP contribution in [0.4, 0.5) is 5.69 Å². The largest absolute Gasteiger partial charge is 0.323 e. The van der Waals surface area contributed by atoms with Gasteiger partial charge in [0.1, 0.15) is 11.0 Å². The third-order valence-electron chi connectivity index (χ3n) is 3.49. The highest BCUT2D eigenvalue weighted by molar-refractivity contribution is 7.00. The fraction of sp³-hybridized carbons (Fsp3) is 0.417. The molecule has 0 saturated carbocycles. The normalized spacial score (nSPS) is 22.8. The van der Waals surface area contributed by atoms with Crippen molar-refractivity contribution in [2.75, 3.05) is 11.9 Å². The first-order valence-corrected chi connectivity index (χ1v) is 7.22. The van der Waals surface area contributed by atoms with Gasteiger partial charge < -0.3 is 10.6 Å². The Kier molecular flexibility index (Phi) is 3.38. The Balaban J connectivity index is 1.90. The van der Waals surface area contributed by atoms with Gasteiger partial charge in [-0.15, -0.1) is 0 Å². The van der Waals surface area contributed by atoms with Crippen molar-refractivity contribution in [2.24, 2.45) is 5.92 Å². The first-order chi connectivity index (χ1) is 9.16. The zero-order valence-electron chi connectivity index (χ0n) is 10.3. The van der Waals surface area contributed by atoms with Crippen LogP contribution < -0.4 is 10.6 Å². The molecular formula is C12H13ClN4OS. The first kappa shape index (κ1) is 12.8. The van der Waals surface area contributed by atoms with E-state index >= 15 is 0 Å². The summed E-state index contributed by atoms with van der Waals surface area (Å²) < 4.78 is 8.34. The fourth-order valence-electron chi connectivity index (χ4n) is 2.38. The molecule has 3 rings (SSSR count). The monoisotopic (exact) mass is 296 g/mol. The van der Waals surface area contributed by atoms with Gasteiger partial charge in [-0.3, -0.25) is 4.79 Å². The molecule has 2 aromatic rings. The van der Waals surface area contributed by atoms with Gasteiger partial charge in [0.25, 0.3) is 0 Å². The average Bonchev–Trinajstić information content (AvgIpc) is 3.01. The minimum atomic E-state index is -0.0297. The summed E-state index contributed by atoms with van der Waals surface area (Å²) >= 11 is 7.27. The molecule has 1 aliphatic rings. The van der Waals surface area contributed by atoms with E-state index in [1.165, 1.54) is 0 Å². The molecule has 0 aliphatic carbocycles. The number of halogens is 1. The maximum Gasteiger partial charge on any atom is 0.229 e. The van der Waals surface area contributed by atoms with Crippen LogP contribution >= 0.6 is 23.3 Å². The number of nitrogens with one attached hydrogen (secondary N) is 2. The van der Waals surface area contributed by atoms with Crippen LogP contribution in [0.5, 0.6) is 0 Å². The van der Waals surface area contributed by atoms with E-state index in [-0.39, 0.29) is 17.9 Å². The van der Waals surface area contributed by atoms with E-state index < -0.39 is 0 Å². The van der Waals surface area contributed by atoms with Crippen molar-refractivity contribution >= 4 is 46.0 Å². The van der Waals surface area contributed by atoms with Crippen molar-refractivity contribution in [3.8, 4) is 0 Å². The Hall–Kier alpha value is -1.24. The number of hydrogen-bond acceptors (Lipinski definition) is 5. The number of carbonyl (C=O) groups is 1. The van der Waals surface area contributed by atoms with E-state index in [0.717, 1.165) is 30.2 Å². The van der Waals surface area contributed by atoms with Gasteiger partial charge in [-0.25, -0.2) is 0 Å². The molecule has 2 heterocycles. The van der Waals surface area contributed by atoms with Crippen LogP contribution in [0.1, 0.15) is 13.3 Å². The topological polar surface area (TPSA) is 66.9 Å². The van der Waals surface area contributed by atoms with Gasteiger partial charge in [-0.05, 0) is 32.0 Å². The number of amides is 1. The Labute approximate surface area is 119 Å². The summed E-state index contributed by atoms with van der Waals surface area (Å²) in [6.45, 7) is 2.89. The van der Waals surface area contributed by atoms with Crippen molar-refractivity contribution in [1.29, 1.82) is 0 Å². The third kappa shape index (κ3) is 2.31. The number of benzene rings is 1. The first-order valence-electron chi connectivity index (χ1n) is 6.12. The average molecular weight is 297 g/mol. The lowest BCUT2D eigenvalue weighted by molar-refractivity contribution is -0.119. The third-order valence-corrected chi connectivity index (χ3v) is 4.34. The standard InChI is InChI=1S/C12H13ClN4OS/c1-6-7(4-5-14-6)12(18)15-10-8(13)2-3-9-11(10)17-19-16-9/h2-3,6-7,14H,4-5H2,1H3,(H,15,18). The van der Waals surface area contributed by atoms with Crippen molar-refractivity contribution in [2.45, 2.75) is 19.4 Å². The number of fused-ring (bicyclic) bond motifs is 1. The van der Waals surface area contributed by atoms with Crippen molar-refractivity contribution < 1.29 is 4.79 Å². The van der Waals surface area contributed by atoms with Crippen LogP contribution in [0.25, 0.3) is 11.0 Å². The van der Waals surface area contributed by atoms with E-state index in [9.17, 15) is 4.79 Å². The van der Waals surface area contributed by atoms with Crippen LogP contribution in [-0.2, 0) is 4.79 Å². The van der Waals surface area contributed by atoms with E-state index in [2.05, 4.69) is 19.4 Å². The highest BCUT2D eigenvalue weighted by Crippen LogP contribution is 2.31. The SMILES string of the molecule is CC1NCCC1C(=O)Nc1c(Cl)ccc2nsnc12. The molecule has 1 aliphatic heterocycles. The number of aromatic nitrogens is 2. The lowest BCUT2D eigenvalue weighted by Crippen LogP contribution is -2.32. The molecule has 0 bridgehead atoms. The summed E-state index contributed by atoms with van der Waals surface area (Å²) in [4.78, 5) is 12.3. The highest BCUT2D eigenvalue weighted by atomic mass is 35.5. The second kappa shape index (κ2) is 5.03. The van der Waals surface area contributed by atoms with E-state index in [0.29, 0.717) is 16.2 Å². The van der Waals surface area contributed by atoms with Crippen LogP contribution in [0, 0.1) is 5.92 Å². The number of nitrogens with zero attached hydrogens (tertiary/aromatic N) is 2. The van der Waals surface area contributed by atoms with Crippen molar-refractivity contribution in [3.63, 3.8) is 0 Å². The smallest absolute Gasteiger partial charge is 0.229 e. The summed E-state index contributed by atoms with van der Waals surface area (Å²) in [7, 11) is 0. The van der Waals surface area contributed by atoms with E-state index in [1.807, 2.05) is 6.92 Å². The zero-order chi connectivity index (χ0) is 13.4. The maximum atomic E-state index is 12.3. The second-order valence-electron chi connectivity index (χ2n) is 4.68. The van der Waals surface area contributed by atoms with Gasteiger partial charge >= 0.3 is 0 Å². The quantitative estimate of drug-likeness (QED) is 0.892. The van der Waals surface area contributed by atoms with Gasteiger partial charge in [0.2, 0.25) is 5.91 Å². The fourth-order valence-corrected chi connectivity index (χ4v) is 3.12. The molecule has 100 valence electrons. The lowest BCUT2D eigenvalue weighted by atomic mass is 10.0. The van der Waals surface area contributed by atoms with Gasteiger partial charge in [0.05, 0.1) is 28.4 Å². The molecule has 2 unspecified atom stereocenters. The molecule has 1 aromatic carbocycles. The molecule has 2 atom stereocenters. The van der Waals surface area contributed by atoms with Gasteiger partial charge in [0.15, 0.2) is 0 Å². The molecule has 1 aromatic heterocycles. The minimum Gasteiger partial charge on any atom is -0.323 e. The van der Waals surface area contributed by atoms with Gasteiger partial charge in [-0.2, -0.15) is 8.75 Å². The second-order valence-corrected chi connectivity index (χ2v) is 5.62. The lowest BCUT2D eigenvalue weighted by Gasteiger charge is -2.15. The Bertz CT molecular complexity index is 629. The molecule has 5 nitrogen and oxygen atoms in total. The van der Waals surface area contributed by atoms with Crippen LogP contribution in [0.3, 0.4) is 0 Å². The highest BCUT2D eigenvalue weighted by Gasteiger charge is 2.30. The molecule has 2 N–H and O–H groups in total. The van der Waals surface area contributed by atoms with Crippen molar-refractivity contribution in [1.82, 2.24) is 14.1 Å². The summed E-state index contributed by atoms with van der Waals surface area (Å²) in [5, 5.41) is 6.66. The number of hydrogen-bond donors (Lipinski definition) is 2. The number of rotatable bonds is 2. The summed E-state index contributed by atoms with van der Waals surface area (Å²) in [6.07, 6.45) is 0.843. The van der Waals surface area contributed by atoms with Crippen molar-refractivity contribution in [3.05, 3.63) is 17.2 Å². The van der Waals surface area contributed by atoms with E-state index in [1.54, 1.807) is 12.1 Å². The van der Waals surface area contributed by atoms with Crippen LogP contribution in [-0.4, -0.2) is 27.2 Å². The Morgan fingerprint density at radius 3 is 3.11 bits per heavy atom. The Morgan fingerprint density at radius 1 is 1.53 bits per heavy atom. The summed E-state index contributed by atoms with van der Waals surface area (Å²) in [6, 6.07) is 3.72. The summed E-state index contributed by atoms with van der Waals surface area (Å²) in [5.74, 6) is -0.0437. The number of anilines is 1. The molecule has 1 fully saturated rings. The Morgan fingerprint density at radius 2 is 2.37 bits per heavy atom. The molecule has 19 heavy (non-hydrogen) atoms. The molecule has 0 spiro atoms. The predicted molar refractivity (Wildman–Crippen MR) is 76.6 cm³/mol.